The zero-order valence-corrected chi connectivity index (χ0v) is 13.0. The topological polar surface area (TPSA) is 47.3 Å². The molecule has 0 saturated heterocycles. The fraction of sp³-hybridized carbons (Fsp3) is 0.235. The average Bonchev–Trinajstić information content (AvgIpc) is 2.96. The highest BCUT2D eigenvalue weighted by Crippen LogP contribution is 2.27. The van der Waals surface area contributed by atoms with E-state index in [1.807, 2.05) is 30.5 Å². The van der Waals surface area contributed by atoms with Crippen molar-refractivity contribution in [1.29, 1.82) is 0 Å². The highest BCUT2D eigenvalue weighted by Gasteiger charge is 2.13. The third-order valence-corrected chi connectivity index (χ3v) is 3.95. The Balaban J connectivity index is 2.05. The lowest BCUT2D eigenvalue weighted by molar-refractivity contribution is 0.0981. The first-order valence-corrected chi connectivity index (χ1v) is 7.70. The second-order valence-electron chi connectivity index (χ2n) is 5.17. The molecular formula is C17H16ClN3O. The van der Waals surface area contributed by atoms with E-state index in [2.05, 4.69) is 17.0 Å². The van der Waals surface area contributed by atoms with Crippen LogP contribution in [0.25, 0.3) is 16.6 Å². The molecule has 0 spiro atoms. The molecule has 3 aromatic heterocycles. The van der Waals surface area contributed by atoms with Crippen molar-refractivity contribution in [1.82, 2.24) is 14.6 Å². The zero-order valence-electron chi connectivity index (χ0n) is 12.3. The molecule has 0 atom stereocenters. The number of unbranched alkanes of at least 4 members (excludes halogenated alkanes) is 1. The van der Waals surface area contributed by atoms with Crippen molar-refractivity contribution in [2.75, 3.05) is 0 Å². The van der Waals surface area contributed by atoms with E-state index in [1.54, 1.807) is 16.9 Å². The Morgan fingerprint density at radius 2 is 2.23 bits per heavy atom. The van der Waals surface area contributed by atoms with Gasteiger partial charge in [0, 0.05) is 24.4 Å². The van der Waals surface area contributed by atoms with Crippen molar-refractivity contribution >= 4 is 22.9 Å². The molecule has 0 N–H and O–H groups in total. The van der Waals surface area contributed by atoms with Crippen LogP contribution in [-0.2, 0) is 0 Å². The van der Waals surface area contributed by atoms with Crippen molar-refractivity contribution in [3.05, 3.63) is 53.6 Å². The highest BCUT2D eigenvalue weighted by atomic mass is 35.5. The molecule has 5 heteroatoms. The van der Waals surface area contributed by atoms with Crippen LogP contribution in [-0.4, -0.2) is 20.4 Å². The number of carbonyl (C=O) groups excluding carboxylic acids is 1. The number of hydrogen-bond donors (Lipinski definition) is 0. The van der Waals surface area contributed by atoms with Gasteiger partial charge >= 0.3 is 0 Å². The molecule has 0 aliphatic carbocycles. The summed E-state index contributed by atoms with van der Waals surface area (Å²) in [5.41, 5.74) is 3.24. The molecule has 0 aliphatic heterocycles. The monoisotopic (exact) mass is 313 g/mol. The number of pyridine rings is 2. The minimum absolute atomic E-state index is 0.131. The van der Waals surface area contributed by atoms with Crippen LogP contribution in [0.4, 0.5) is 0 Å². The molecule has 0 saturated carbocycles. The molecule has 3 heterocycles. The molecule has 3 rings (SSSR count). The Morgan fingerprint density at radius 3 is 3.00 bits per heavy atom. The number of rotatable bonds is 5. The second kappa shape index (κ2) is 6.28. The van der Waals surface area contributed by atoms with E-state index in [0.29, 0.717) is 17.1 Å². The normalized spacial score (nSPS) is 11.0. The number of carbonyl (C=O) groups is 1. The molecule has 0 bridgehead atoms. The minimum atomic E-state index is 0.131. The van der Waals surface area contributed by atoms with Crippen molar-refractivity contribution in [3.63, 3.8) is 0 Å². The third-order valence-electron chi connectivity index (χ3n) is 3.65. The van der Waals surface area contributed by atoms with Gasteiger partial charge in [-0.2, -0.15) is 5.10 Å². The highest BCUT2D eigenvalue weighted by molar-refractivity contribution is 6.32. The standard InChI is InChI=1S/C17H16ClN3O/c1-2-3-6-16(22)14-11-20-21-9-7-12(10-15(14)21)13-5-4-8-19-17(13)18/h4-5,7-11H,2-3,6H2,1H3. The largest absolute Gasteiger partial charge is 0.294 e. The van der Waals surface area contributed by atoms with Gasteiger partial charge in [0.15, 0.2) is 5.78 Å². The lowest BCUT2D eigenvalue weighted by Gasteiger charge is -2.05. The van der Waals surface area contributed by atoms with E-state index in [1.165, 1.54) is 0 Å². The molecule has 112 valence electrons. The van der Waals surface area contributed by atoms with Crippen LogP contribution in [0.1, 0.15) is 36.5 Å². The summed E-state index contributed by atoms with van der Waals surface area (Å²) < 4.78 is 1.72. The molecule has 0 radical (unpaired) electrons. The van der Waals surface area contributed by atoms with Crippen molar-refractivity contribution in [3.8, 4) is 11.1 Å². The van der Waals surface area contributed by atoms with Gasteiger partial charge in [-0.05, 0) is 36.2 Å². The van der Waals surface area contributed by atoms with Gasteiger partial charge < -0.3 is 0 Å². The maximum Gasteiger partial charge on any atom is 0.166 e. The molecule has 0 amide bonds. The van der Waals surface area contributed by atoms with E-state index in [0.717, 1.165) is 29.5 Å². The summed E-state index contributed by atoms with van der Waals surface area (Å²) in [7, 11) is 0. The fourth-order valence-electron chi connectivity index (χ4n) is 2.44. The minimum Gasteiger partial charge on any atom is -0.294 e. The van der Waals surface area contributed by atoms with E-state index in [4.69, 9.17) is 11.6 Å². The van der Waals surface area contributed by atoms with Crippen LogP contribution in [0, 0.1) is 0 Å². The molecule has 4 nitrogen and oxygen atoms in total. The number of nitrogens with zero attached hydrogens (tertiary/aromatic N) is 3. The predicted molar refractivity (Wildman–Crippen MR) is 87.3 cm³/mol. The van der Waals surface area contributed by atoms with Crippen LogP contribution < -0.4 is 0 Å². The van der Waals surface area contributed by atoms with Crippen molar-refractivity contribution in [2.24, 2.45) is 0 Å². The summed E-state index contributed by atoms with van der Waals surface area (Å²) in [6, 6.07) is 7.61. The molecule has 0 unspecified atom stereocenters. The van der Waals surface area contributed by atoms with Gasteiger partial charge in [-0.25, -0.2) is 9.50 Å². The summed E-state index contributed by atoms with van der Waals surface area (Å²) in [4.78, 5) is 16.4. The van der Waals surface area contributed by atoms with E-state index >= 15 is 0 Å². The lowest BCUT2D eigenvalue weighted by atomic mass is 10.0. The van der Waals surface area contributed by atoms with Gasteiger partial charge in [0.05, 0.1) is 17.3 Å². The zero-order chi connectivity index (χ0) is 15.5. The maximum atomic E-state index is 12.3. The molecule has 0 fully saturated rings. The second-order valence-corrected chi connectivity index (χ2v) is 5.53. The summed E-state index contributed by atoms with van der Waals surface area (Å²) in [6.07, 6.45) is 7.58. The fourth-order valence-corrected chi connectivity index (χ4v) is 2.66. The number of aromatic nitrogens is 3. The summed E-state index contributed by atoms with van der Waals surface area (Å²) in [5, 5.41) is 4.70. The Labute approximate surface area is 133 Å². The predicted octanol–water partition coefficient (Wildman–Crippen LogP) is 4.42. The maximum absolute atomic E-state index is 12.3. The number of hydrogen-bond acceptors (Lipinski definition) is 3. The molecule has 0 aliphatic rings. The van der Waals surface area contributed by atoms with E-state index in [-0.39, 0.29) is 5.78 Å². The molecular weight excluding hydrogens is 298 g/mol. The van der Waals surface area contributed by atoms with Gasteiger partial charge in [-0.3, -0.25) is 4.79 Å². The smallest absolute Gasteiger partial charge is 0.166 e. The Hall–Kier alpha value is -2.20. The van der Waals surface area contributed by atoms with Gasteiger partial charge in [0.2, 0.25) is 0 Å². The Bertz CT molecular complexity index is 826. The first-order valence-electron chi connectivity index (χ1n) is 7.32. The van der Waals surface area contributed by atoms with E-state index < -0.39 is 0 Å². The van der Waals surface area contributed by atoms with Crippen LogP contribution in [0.2, 0.25) is 5.15 Å². The van der Waals surface area contributed by atoms with E-state index in [9.17, 15) is 4.79 Å². The SMILES string of the molecule is CCCCC(=O)c1cnn2ccc(-c3cccnc3Cl)cc12. The third kappa shape index (κ3) is 2.74. The summed E-state index contributed by atoms with van der Waals surface area (Å²) >= 11 is 6.15. The van der Waals surface area contributed by atoms with Crippen LogP contribution in [0.5, 0.6) is 0 Å². The van der Waals surface area contributed by atoms with Crippen LogP contribution in [0.3, 0.4) is 0 Å². The van der Waals surface area contributed by atoms with Gasteiger partial charge in [-0.1, -0.05) is 24.9 Å². The Morgan fingerprint density at radius 1 is 1.36 bits per heavy atom. The van der Waals surface area contributed by atoms with Crippen molar-refractivity contribution < 1.29 is 4.79 Å². The first kappa shape index (κ1) is 14.7. The van der Waals surface area contributed by atoms with Gasteiger partial charge in [0.25, 0.3) is 0 Å². The molecule has 22 heavy (non-hydrogen) atoms. The lowest BCUT2D eigenvalue weighted by Crippen LogP contribution is -1.98. The van der Waals surface area contributed by atoms with Gasteiger partial charge in [0.1, 0.15) is 5.15 Å². The van der Waals surface area contributed by atoms with Gasteiger partial charge in [-0.15, -0.1) is 0 Å². The number of halogens is 1. The quantitative estimate of drug-likeness (QED) is 0.517. The number of fused-ring (bicyclic) bond motifs is 1. The Kier molecular flexibility index (Phi) is 4.20. The number of ketones is 1. The van der Waals surface area contributed by atoms with Crippen LogP contribution in [0.15, 0.2) is 42.9 Å². The molecule has 0 aromatic carbocycles. The summed E-state index contributed by atoms with van der Waals surface area (Å²) in [5.74, 6) is 0.131. The first-order chi connectivity index (χ1) is 10.7. The van der Waals surface area contributed by atoms with Crippen molar-refractivity contribution in [2.45, 2.75) is 26.2 Å². The number of Topliss-reactive ketones (excluding diaryl/α,β-unsaturated/α-hetero) is 1. The average molecular weight is 314 g/mol. The molecule has 3 aromatic rings. The summed E-state index contributed by atoms with van der Waals surface area (Å²) in [6.45, 7) is 2.08. The van der Waals surface area contributed by atoms with Crippen LogP contribution >= 0.6 is 11.6 Å².